The Morgan fingerprint density at radius 2 is 2.62 bits per heavy atom. The van der Waals surface area contributed by atoms with Gasteiger partial charge in [0.25, 0.3) is 0 Å². The highest BCUT2D eigenvalue weighted by Gasteiger charge is 1.87. The lowest BCUT2D eigenvalue weighted by Gasteiger charge is -1.84. The van der Waals surface area contributed by atoms with E-state index in [0.717, 1.165) is 0 Å². The van der Waals surface area contributed by atoms with Crippen LogP contribution in [0.25, 0.3) is 0 Å². The van der Waals surface area contributed by atoms with Crippen LogP contribution in [0.2, 0.25) is 0 Å². The van der Waals surface area contributed by atoms with E-state index in [1.165, 1.54) is 26.5 Å². The van der Waals surface area contributed by atoms with E-state index in [1.54, 1.807) is 0 Å². The van der Waals surface area contributed by atoms with Gasteiger partial charge in [0.05, 0.1) is 0 Å². The van der Waals surface area contributed by atoms with E-state index in [-0.39, 0.29) is 0 Å². The maximum absolute atomic E-state index is 3.11. The Morgan fingerprint density at radius 1 is 1.75 bits per heavy atom. The summed E-state index contributed by atoms with van der Waals surface area (Å²) in [6, 6.07) is 2.16. The van der Waals surface area contributed by atoms with Crippen molar-refractivity contribution >= 4 is 8.35 Å². The molecule has 0 spiro atoms. The van der Waals surface area contributed by atoms with Crippen LogP contribution in [-0.2, 0) is 6.42 Å². The number of rotatable bonds is 2. The van der Waals surface area contributed by atoms with Crippen molar-refractivity contribution in [3.05, 3.63) is 17.6 Å². The predicted molar refractivity (Wildman–Crippen MR) is 37.3 cm³/mol. The van der Waals surface area contributed by atoms with Crippen molar-refractivity contribution in [1.29, 1.82) is 0 Å². The molecule has 0 aliphatic rings. The second-order valence-electron chi connectivity index (χ2n) is 1.82. The SMILES string of the molecule is CCCc1cc[nH]p1. The van der Waals surface area contributed by atoms with Crippen LogP contribution < -0.4 is 0 Å². The number of hydrogen-bond acceptors (Lipinski definition) is 0. The average Bonchev–Trinajstić information content (AvgIpc) is 2.19. The first kappa shape index (κ1) is 5.84. The Hall–Kier alpha value is -0.290. The van der Waals surface area contributed by atoms with E-state index in [0.29, 0.717) is 0 Å². The number of nitrogens with one attached hydrogen (secondary N) is 1. The van der Waals surface area contributed by atoms with Crippen molar-refractivity contribution < 1.29 is 0 Å². The molecule has 1 aromatic heterocycles. The van der Waals surface area contributed by atoms with Crippen molar-refractivity contribution in [3.8, 4) is 0 Å². The summed E-state index contributed by atoms with van der Waals surface area (Å²) in [4.78, 5) is 0. The van der Waals surface area contributed by atoms with Crippen molar-refractivity contribution in [2.45, 2.75) is 19.8 Å². The van der Waals surface area contributed by atoms with Gasteiger partial charge in [0.2, 0.25) is 0 Å². The Kier molecular flexibility index (Phi) is 2.11. The van der Waals surface area contributed by atoms with Crippen LogP contribution in [0.5, 0.6) is 0 Å². The molecule has 0 aliphatic heterocycles. The molecule has 0 atom stereocenters. The molecule has 0 saturated heterocycles. The zero-order valence-corrected chi connectivity index (χ0v) is 5.91. The van der Waals surface area contributed by atoms with E-state index in [2.05, 4.69) is 17.7 Å². The Labute approximate surface area is 51.3 Å². The summed E-state index contributed by atoms with van der Waals surface area (Å²) in [5, 5.41) is 1.51. The fraction of sp³-hybridized carbons (Fsp3) is 0.500. The highest BCUT2D eigenvalue weighted by molar-refractivity contribution is 7.26. The first-order chi connectivity index (χ1) is 3.93. The summed E-state index contributed by atoms with van der Waals surface area (Å²) in [7, 11) is 1.29. The van der Waals surface area contributed by atoms with Gasteiger partial charge < -0.3 is 4.75 Å². The molecule has 1 heterocycles. The van der Waals surface area contributed by atoms with Gasteiger partial charge >= 0.3 is 0 Å². The molecule has 0 bridgehead atoms. The average molecular weight is 127 g/mol. The topological polar surface area (TPSA) is 15.8 Å². The molecule has 44 valence electrons. The fourth-order valence-corrected chi connectivity index (χ4v) is 1.49. The van der Waals surface area contributed by atoms with E-state index < -0.39 is 0 Å². The Bertz CT molecular complexity index is 134. The third kappa shape index (κ3) is 1.34. The zero-order valence-electron chi connectivity index (χ0n) is 5.02. The molecule has 0 amide bonds. The van der Waals surface area contributed by atoms with Gasteiger partial charge in [0.1, 0.15) is 0 Å². The molecule has 1 nitrogen and oxygen atoms in total. The lowest BCUT2D eigenvalue weighted by Crippen LogP contribution is -1.70. The maximum Gasteiger partial charge on any atom is 0.0139 e. The van der Waals surface area contributed by atoms with Crippen LogP contribution in [0.4, 0.5) is 0 Å². The third-order valence-corrected chi connectivity index (χ3v) is 2.00. The molecule has 0 saturated carbocycles. The summed E-state index contributed by atoms with van der Waals surface area (Å²) < 4.78 is 3.11. The minimum absolute atomic E-state index is 1.24. The molecule has 0 fully saturated rings. The number of aromatic amines is 1. The van der Waals surface area contributed by atoms with Gasteiger partial charge in [-0.1, -0.05) is 13.3 Å². The Balaban J connectivity index is 2.50. The highest BCUT2D eigenvalue weighted by atomic mass is 31.0. The van der Waals surface area contributed by atoms with Crippen molar-refractivity contribution in [2.75, 3.05) is 0 Å². The van der Waals surface area contributed by atoms with E-state index in [9.17, 15) is 0 Å². The van der Waals surface area contributed by atoms with Crippen LogP contribution in [-0.4, -0.2) is 4.75 Å². The quantitative estimate of drug-likeness (QED) is 0.628. The summed E-state index contributed by atoms with van der Waals surface area (Å²) in [5.41, 5.74) is 0. The minimum atomic E-state index is 1.24. The van der Waals surface area contributed by atoms with E-state index in [4.69, 9.17) is 0 Å². The summed E-state index contributed by atoms with van der Waals surface area (Å²) in [6.45, 7) is 2.20. The predicted octanol–water partition coefficient (Wildman–Crippen LogP) is 2.55. The van der Waals surface area contributed by atoms with Crippen LogP contribution in [0.1, 0.15) is 18.6 Å². The molecule has 8 heavy (non-hydrogen) atoms. The van der Waals surface area contributed by atoms with E-state index >= 15 is 0 Å². The molecule has 0 radical (unpaired) electrons. The molecule has 0 unspecified atom stereocenters. The van der Waals surface area contributed by atoms with Gasteiger partial charge in [-0.3, -0.25) is 0 Å². The second kappa shape index (κ2) is 2.88. The number of aromatic nitrogens is 1. The number of hydrogen-bond donors (Lipinski definition) is 1. The normalized spacial score (nSPS) is 10.6. The lowest BCUT2D eigenvalue weighted by molar-refractivity contribution is 0.940. The van der Waals surface area contributed by atoms with Gasteiger partial charge in [0, 0.05) is 14.5 Å². The van der Waals surface area contributed by atoms with Crippen LogP contribution in [0, 0.1) is 0 Å². The lowest BCUT2D eigenvalue weighted by atomic mass is 10.3. The third-order valence-electron chi connectivity index (χ3n) is 1.06. The molecule has 0 aromatic carbocycles. The summed E-state index contributed by atoms with van der Waals surface area (Å²) in [5.74, 6) is 0. The van der Waals surface area contributed by atoms with Crippen molar-refractivity contribution in [2.24, 2.45) is 0 Å². The second-order valence-corrected chi connectivity index (χ2v) is 2.87. The molecule has 1 N–H and O–H groups in total. The smallest absolute Gasteiger partial charge is 0.0139 e. The Morgan fingerprint density at radius 3 is 3.12 bits per heavy atom. The van der Waals surface area contributed by atoms with Crippen LogP contribution in [0.3, 0.4) is 0 Å². The standard InChI is InChI=1S/C6H10NP/c1-2-3-6-4-5-7-8-6/h4-5,7H,2-3H2,1H3. The van der Waals surface area contributed by atoms with Gasteiger partial charge in [-0.2, -0.15) is 0 Å². The van der Waals surface area contributed by atoms with Crippen molar-refractivity contribution in [1.82, 2.24) is 4.75 Å². The van der Waals surface area contributed by atoms with Crippen molar-refractivity contribution in [3.63, 3.8) is 0 Å². The minimum Gasteiger partial charge on any atom is -0.344 e. The number of H-pyrrole nitrogens is 1. The first-order valence-corrected chi connectivity index (χ1v) is 3.81. The molecule has 1 aromatic rings. The first-order valence-electron chi connectivity index (χ1n) is 2.92. The highest BCUT2D eigenvalue weighted by Crippen LogP contribution is 2.11. The largest absolute Gasteiger partial charge is 0.344 e. The molecule has 0 aliphatic carbocycles. The summed E-state index contributed by atoms with van der Waals surface area (Å²) >= 11 is 0. The van der Waals surface area contributed by atoms with E-state index in [1.807, 2.05) is 6.20 Å². The zero-order chi connectivity index (χ0) is 5.82. The summed E-state index contributed by atoms with van der Waals surface area (Å²) in [6.07, 6.45) is 4.51. The van der Waals surface area contributed by atoms with Gasteiger partial charge in [-0.15, -0.1) is 0 Å². The van der Waals surface area contributed by atoms with Crippen LogP contribution >= 0.6 is 8.35 Å². The van der Waals surface area contributed by atoms with Gasteiger partial charge in [-0.05, 0) is 17.8 Å². The maximum atomic E-state index is 3.11. The molecular formula is C6H10NP. The van der Waals surface area contributed by atoms with Crippen LogP contribution in [0.15, 0.2) is 12.3 Å². The molecular weight excluding hydrogens is 117 g/mol. The molecule has 2 heteroatoms. The monoisotopic (exact) mass is 127 g/mol. The van der Waals surface area contributed by atoms with Gasteiger partial charge in [-0.25, -0.2) is 0 Å². The fourth-order valence-electron chi connectivity index (χ4n) is 0.686. The molecule has 1 rings (SSSR count). The number of aryl methyl sites for hydroxylation is 1. The van der Waals surface area contributed by atoms with Gasteiger partial charge in [0.15, 0.2) is 0 Å².